The van der Waals surface area contributed by atoms with E-state index in [9.17, 15) is 4.79 Å². The second-order valence-corrected chi connectivity index (χ2v) is 3.86. The van der Waals surface area contributed by atoms with E-state index in [2.05, 4.69) is 10.3 Å². The molecule has 1 aromatic carbocycles. The number of aromatic nitrogens is 1. The summed E-state index contributed by atoms with van der Waals surface area (Å²) < 4.78 is 10.0. The van der Waals surface area contributed by atoms with Gasteiger partial charge in [-0.3, -0.25) is 4.79 Å². The molecule has 0 radical (unpaired) electrons. The van der Waals surface area contributed by atoms with Crippen molar-refractivity contribution in [3.63, 3.8) is 0 Å². The molecule has 18 heavy (non-hydrogen) atoms. The van der Waals surface area contributed by atoms with E-state index < -0.39 is 6.29 Å². The summed E-state index contributed by atoms with van der Waals surface area (Å²) in [4.78, 5) is 15.1. The lowest BCUT2D eigenvalue weighted by atomic mass is 10.1. The Bertz CT molecular complexity index is 532. The summed E-state index contributed by atoms with van der Waals surface area (Å²) >= 11 is 0. The molecular weight excluding hydrogens is 232 g/mol. The number of hydrogen-bond acceptors (Lipinski definition) is 3. The predicted octanol–water partition coefficient (Wildman–Crippen LogP) is 1.52. The Balaban J connectivity index is 2.11. The highest BCUT2D eigenvalue weighted by molar-refractivity contribution is 6.05. The van der Waals surface area contributed by atoms with Crippen molar-refractivity contribution in [3.05, 3.63) is 36.0 Å². The van der Waals surface area contributed by atoms with Gasteiger partial charge >= 0.3 is 0 Å². The molecule has 1 amide bonds. The lowest BCUT2D eigenvalue weighted by molar-refractivity contribution is -0.0974. The Labute approximate surface area is 105 Å². The first-order valence-corrected chi connectivity index (χ1v) is 5.66. The van der Waals surface area contributed by atoms with Crippen molar-refractivity contribution in [2.75, 3.05) is 20.8 Å². The van der Waals surface area contributed by atoms with Crippen molar-refractivity contribution in [1.29, 1.82) is 0 Å². The third-order valence-corrected chi connectivity index (χ3v) is 2.79. The molecule has 0 spiro atoms. The van der Waals surface area contributed by atoms with Crippen LogP contribution in [0.2, 0.25) is 0 Å². The molecule has 0 unspecified atom stereocenters. The summed E-state index contributed by atoms with van der Waals surface area (Å²) in [5.74, 6) is -0.151. The smallest absolute Gasteiger partial charge is 0.253 e. The van der Waals surface area contributed by atoms with Crippen LogP contribution in [0.3, 0.4) is 0 Å². The van der Waals surface area contributed by atoms with Crippen molar-refractivity contribution in [2.24, 2.45) is 0 Å². The van der Waals surface area contributed by atoms with Gasteiger partial charge in [-0.25, -0.2) is 0 Å². The number of rotatable bonds is 5. The molecule has 96 valence electrons. The number of para-hydroxylation sites is 1. The van der Waals surface area contributed by atoms with E-state index >= 15 is 0 Å². The average Bonchev–Trinajstić information content (AvgIpc) is 2.87. The van der Waals surface area contributed by atoms with E-state index in [1.54, 1.807) is 6.07 Å². The first-order chi connectivity index (χ1) is 8.76. The maximum Gasteiger partial charge on any atom is 0.253 e. The van der Waals surface area contributed by atoms with E-state index in [1.807, 2.05) is 24.4 Å². The van der Waals surface area contributed by atoms with Crippen molar-refractivity contribution in [3.8, 4) is 0 Å². The third kappa shape index (κ3) is 2.52. The molecule has 2 aromatic rings. The molecule has 0 aliphatic carbocycles. The molecule has 2 rings (SSSR count). The van der Waals surface area contributed by atoms with Crippen LogP contribution in [0.5, 0.6) is 0 Å². The standard InChI is InChI=1S/C13H16N2O3/c1-17-11(18-2)8-15-13(16)10-5-3-4-9-6-7-14-12(9)10/h3-7,11,14H,8H2,1-2H3,(H,15,16). The number of aromatic amines is 1. The molecule has 0 saturated carbocycles. The summed E-state index contributed by atoms with van der Waals surface area (Å²) in [6.07, 6.45) is 1.38. The molecule has 2 N–H and O–H groups in total. The number of hydrogen-bond donors (Lipinski definition) is 2. The first kappa shape index (κ1) is 12.6. The minimum atomic E-state index is -0.434. The van der Waals surface area contributed by atoms with E-state index in [-0.39, 0.29) is 5.91 Å². The minimum Gasteiger partial charge on any atom is -0.361 e. The molecule has 0 atom stereocenters. The largest absolute Gasteiger partial charge is 0.361 e. The number of methoxy groups -OCH3 is 2. The van der Waals surface area contributed by atoms with Crippen LogP contribution in [0.25, 0.3) is 10.9 Å². The van der Waals surface area contributed by atoms with Gasteiger partial charge in [0.05, 0.1) is 17.6 Å². The monoisotopic (exact) mass is 248 g/mol. The molecule has 0 fully saturated rings. The van der Waals surface area contributed by atoms with Crippen LogP contribution in [-0.4, -0.2) is 37.9 Å². The average molecular weight is 248 g/mol. The third-order valence-electron chi connectivity index (χ3n) is 2.79. The van der Waals surface area contributed by atoms with Gasteiger partial charge in [-0.1, -0.05) is 12.1 Å². The number of nitrogens with one attached hydrogen (secondary N) is 2. The van der Waals surface area contributed by atoms with Crippen LogP contribution in [-0.2, 0) is 9.47 Å². The van der Waals surface area contributed by atoms with E-state index in [0.717, 1.165) is 10.9 Å². The molecule has 0 bridgehead atoms. The van der Waals surface area contributed by atoms with Gasteiger partial charge in [0.25, 0.3) is 5.91 Å². The second-order valence-electron chi connectivity index (χ2n) is 3.86. The van der Waals surface area contributed by atoms with Crippen LogP contribution in [0.1, 0.15) is 10.4 Å². The molecule has 0 aliphatic heterocycles. The molecule has 0 aliphatic rings. The number of amides is 1. The zero-order valence-electron chi connectivity index (χ0n) is 10.4. The number of fused-ring (bicyclic) bond motifs is 1. The van der Waals surface area contributed by atoms with Crippen LogP contribution >= 0.6 is 0 Å². The van der Waals surface area contributed by atoms with Gasteiger partial charge in [-0.05, 0) is 12.1 Å². The second kappa shape index (κ2) is 5.66. The van der Waals surface area contributed by atoms with E-state index in [0.29, 0.717) is 12.1 Å². The maximum atomic E-state index is 12.1. The fourth-order valence-electron chi connectivity index (χ4n) is 1.81. The van der Waals surface area contributed by atoms with Crippen LogP contribution in [0.4, 0.5) is 0 Å². The molecule has 1 heterocycles. The highest BCUT2D eigenvalue weighted by atomic mass is 16.7. The summed E-state index contributed by atoms with van der Waals surface area (Å²) in [7, 11) is 3.07. The van der Waals surface area contributed by atoms with E-state index in [1.165, 1.54) is 14.2 Å². The number of carbonyl (C=O) groups excluding carboxylic acids is 1. The van der Waals surface area contributed by atoms with Gasteiger partial charge < -0.3 is 19.8 Å². The van der Waals surface area contributed by atoms with Gasteiger partial charge in [0.15, 0.2) is 6.29 Å². The molecule has 1 aromatic heterocycles. The first-order valence-electron chi connectivity index (χ1n) is 5.66. The lowest BCUT2D eigenvalue weighted by Crippen LogP contribution is -2.34. The van der Waals surface area contributed by atoms with Gasteiger partial charge in [0, 0.05) is 25.8 Å². The van der Waals surface area contributed by atoms with Crippen LogP contribution < -0.4 is 5.32 Å². The molecular formula is C13H16N2O3. The number of benzene rings is 1. The summed E-state index contributed by atoms with van der Waals surface area (Å²) in [6, 6.07) is 7.52. The van der Waals surface area contributed by atoms with Crippen LogP contribution in [0.15, 0.2) is 30.5 Å². The Kier molecular flexibility index (Phi) is 3.96. The minimum absolute atomic E-state index is 0.151. The van der Waals surface area contributed by atoms with Gasteiger partial charge in [-0.2, -0.15) is 0 Å². The molecule has 5 heteroatoms. The van der Waals surface area contributed by atoms with Crippen molar-refractivity contribution < 1.29 is 14.3 Å². The Hall–Kier alpha value is -1.85. The molecule has 0 saturated heterocycles. The normalized spacial score (nSPS) is 11.1. The number of carbonyl (C=O) groups is 1. The summed E-state index contributed by atoms with van der Waals surface area (Å²) in [6.45, 7) is 0.308. The summed E-state index contributed by atoms with van der Waals surface area (Å²) in [5.41, 5.74) is 1.45. The van der Waals surface area contributed by atoms with Crippen LogP contribution in [0, 0.1) is 0 Å². The fourth-order valence-corrected chi connectivity index (χ4v) is 1.81. The quantitative estimate of drug-likeness (QED) is 0.788. The van der Waals surface area contributed by atoms with E-state index in [4.69, 9.17) is 9.47 Å². The SMILES string of the molecule is COC(CNC(=O)c1cccc2cc[nH]c12)OC. The summed E-state index contributed by atoms with van der Waals surface area (Å²) in [5, 5.41) is 3.79. The van der Waals surface area contributed by atoms with Gasteiger partial charge in [-0.15, -0.1) is 0 Å². The Morgan fingerprint density at radius 3 is 2.83 bits per heavy atom. The van der Waals surface area contributed by atoms with Crippen molar-refractivity contribution in [2.45, 2.75) is 6.29 Å². The zero-order valence-corrected chi connectivity index (χ0v) is 10.4. The fraction of sp³-hybridized carbons (Fsp3) is 0.308. The Morgan fingerprint density at radius 2 is 2.11 bits per heavy atom. The number of H-pyrrole nitrogens is 1. The van der Waals surface area contributed by atoms with Gasteiger partial charge in [0.2, 0.25) is 0 Å². The predicted molar refractivity (Wildman–Crippen MR) is 68.4 cm³/mol. The molecule has 5 nitrogen and oxygen atoms in total. The Morgan fingerprint density at radius 1 is 1.33 bits per heavy atom. The lowest BCUT2D eigenvalue weighted by Gasteiger charge is -2.14. The highest BCUT2D eigenvalue weighted by Crippen LogP contribution is 2.16. The highest BCUT2D eigenvalue weighted by Gasteiger charge is 2.12. The maximum absolute atomic E-state index is 12.1. The zero-order chi connectivity index (χ0) is 13.0. The van der Waals surface area contributed by atoms with Gasteiger partial charge in [0.1, 0.15) is 0 Å². The van der Waals surface area contributed by atoms with Crippen molar-refractivity contribution >= 4 is 16.8 Å². The van der Waals surface area contributed by atoms with Crippen molar-refractivity contribution in [1.82, 2.24) is 10.3 Å². The number of ether oxygens (including phenoxy) is 2. The topological polar surface area (TPSA) is 63.3 Å².